The van der Waals surface area contributed by atoms with E-state index >= 15 is 0 Å². The lowest BCUT2D eigenvalue weighted by Gasteiger charge is -2.34. The Kier molecular flexibility index (Phi) is 3.69. The van der Waals surface area contributed by atoms with Gasteiger partial charge in [0.05, 0.1) is 12.8 Å². The smallest absolute Gasteiger partial charge is 0.445 e. The average Bonchev–Trinajstić information content (AvgIpc) is 2.82. The zero-order valence-electron chi connectivity index (χ0n) is 11.4. The normalized spacial score (nSPS) is 20.7. The minimum absolute atomic E-state index is 0.00500. The molecule has 22 heavy (non-hydrogen) atoms. The molecular weight excluding hydrogens is 309 g/mol. The highest BCUT2D eigenvalue weighted by Gasteiger charge is 2.63. The van der Waals surface area contributed by atoms with Crippen molar-refractivity contribution in [1.29, 1.82) is 0 Å². The van der Waals surface area contributed by atoms with Gasteiger partial charge in [-0.25, -0.2) is 9.48 Å². The molecule has 1 aliphatic rings. The first-order chi connectivity index (χ1) is 10.1. The number of halogens is 3. The third-order valence-corrected chi connectivity index (χ3v) is 2.90. The number of fused-ring (bicyclic) bond motifs is 1. The van der Waals surface area contributed by atoms with Crippen molar-refractivity contribution >= 4 is 23.3 Å². The highest BCUT2D eigenvalue weighted by molar-refractivity contribution is 6.41. The van der Waals surface area contributed by atoms with Crippen LogP contribution in [-0.4, -0.2) is 45.1 Å². The molecule has 0 spiro atoms. The fourth-order valence-electron chi connectivity index (χ4n) is 1.93. The molecule has 1 aromatic heterocycles. The topological polar surface area (TPSA) is 106 Å². The van der Waals surface area contributed by atoms with E-state index in [2.05, 4.69) is 20.4 Å². The van der Waals surface area contributed by atoms with Gasteiger partial charge < -0.3 is 9.84 Å². The lowest BCUT2D eigenvalue weighted by atomic mass is 10.0. The number of alkyl halides is 3. The molecule has 0 saturated carbocycles. The summed E-state index contributed by atoms with van der Waals surface area (Å²) < 4.78 is 44.6. The van der Waals surface area contributed by atoms with Crippen molar-refractivity contribution in [2.45, 2.75) is 25.7 Å². The molecule has 1 unspecified atom stereocenters. The Morgan fingerprint density at radius 2 is 2.14 bits per heavy atom. The summed E-state index contributed by atoms with van der Waals surface area (Å²) in [5, 5.41) is 16.7. The van der Waals surface area contributed by atoms with Gasteiger partial charge >= 0.3 is 17.9 Å². The first kappa shape index (κ1) is 15.9. The van der Waals surface area contributed by atoms with Crippen LogP contribution in [-0.2, 0) is 15.3 Å². The predicted octanol–water partition coefficient (Wildman–Crippen LogP) is 0.638. The van der Waals surface area contributed by atoms with E-state index < -0.39 is 35.2 Å². The maximum Gasteiger partial charge on any atom is 0.445 e. The van der Waals surface area contributed by atoms with Gasteiger partial charge in [-0.15, -0.1) is 0 Å². The zero-order valence-corrected chi connectivity index (χ0v) is 11.4. The van der Waals surface area contributed by atoms with Crippen LogP contribution >= 0.6 is 0 Å². The summed E-state index contributed by atoms with van der Waals surface area (Å²) in [7, 11) is 0. The molecule has 0 radical (unpaired) electrons. The van der Waals surface area contributed by atoms with Crippen molar-refractivity contribution in [2.75, 3.05) is 12.0 Å². The highest BCUT2D eigenvalue weighted by atomic mass is 19.4. The minimum Gasteiger partial charge on any atom is -0.462 e. The van der Waals surface area contributed by atoms with Crippen LogP contribution in [0.2, 0.25) is 0 Å². The second kappa shape index (κ2) is 5.09. The number of hydrogen-bond donors (Lipinski definition) is 2. The van der Waals surface area contributed by atoms with Crippen LogP contribution in [0.15, 0.2) is 11.3 Å². The largest absolute Gasteiger partial charge is 0.462 e. The SMILES string of the molecule is CCOC(=O)c1cnn2c1NN=C(C(C)=O)C2(O)C(F)(F)F. The molecule has 1 atom stereocenters. The lowest BCUT2D eigenvalue weighted by molar-refractivity contribution is -0.268. The fourth-order valence-corrected chi connectivity index (χ4v) is 1.93. The van der Waals surface area contributed by atoms with Crippen molar-refractivity contribution in [2.24, 2.45) is 5.10 Å². The van der Waals surface area contributed by atoms with Crippen LogP contribution in [0, 0.1) is 0 Å². The van der Waals surface area contributed by atoms with E-state index in [4.69, 9.17) is 0 Å². The van der Waals surface area contributed by atoms with Gasteiger partial charge in [0.15, 0.2) is 17.3 Å². The standard InChI is InChI=1S/C11H11F3N4O4/c1-3-22-9(20)6-4-15-18-8(6)17-16-7(5(2)19)10(18,21)11(12,13)14/h4,17,21H,3H2,1-2H3. The Morgan fingerprint density at radius 1 is 1.50 bits per heavy atom. The number of esters is 1. The molecule has 0 fully saturated rings. The van der Waals surface area contributed by atoms with Gasteiger partial charge in [-0.1, -0.05) is 0 Å². The number of hydrazone groups is 1. The number of ether oxygens (including phenoxy) is 1. The number of hydrogen-bond acceptors (Lipinski definition) is 7. The van der Waals surface area contributed by atoms with Crippen LogP contribution in [0.5, 0.6) is 0 Å². The second-order valence-corrected chi connectivity index (χ2v) is 4.34. The van der Waals surface area contributed by atoms with Gasteiger partial charge in [0, 0.05) is 6.92 Å². The van der Waals surface area contributed by atoms with E-state index in [1.54, 1.807) is 0 Å². The number of Topliss-reactive ketones (excluding diaryl/α,β-unsaturated/α-hetero) is 1. The summed E-state index contributed by atoms with van der Waals surface area (Å²) in [6, 6.07) is 0. The second-order valence-electron chi connectivity index (χ2n) is 4.34. The highest BCUT2D eigenvalue weighted by Crippen LogP contribution is 2.40. The summed E-state index contributed by atoms with van der Waals surface area (Å²) in [5.74, 6) is -2.57. The number of anilines is 1. The van der Waals surface area contributed by atoms with Crippen molar-refractivity contribution in [3.8, 4) is 0 Å². The molecule has 11 heteroatoms. The van der Waals surface area contributed by atoms with Gasteiger partial charge in [0.25, 0.3) is 0 Å². The molecule has 0 bridgehead atoms. The average molecular weight is 320 g/mol. The number of carbonyl (C=O) groups excluding carboxylic acids is 2. The number of carbonyl (C=O) groups is 2. The van der Waals surface area contributed by atoms with E-state index in [0.717, 1.165) is 13.1 Å². The maximum absolute atomic E-state index is 13.3. The Labute approximate surface area is 121 Å². The third kappa shape index (κ3) is 2.13. The summed E-state index contributed by atoms with van der Waals surface area (Å²) in [6.07, 6.45) is -4.50. The quantitative estimate of drug-likeness (QED) is 0.792. The number of aromatic nitrogens is 2. The monoisotopic (exact) mass is 320 g/mol. The molecule has 2 N–H and O–H groups in total. The predicted molar refractivity (Wildman–Crippen MR) is 66.2 cm³/mol. The molecule has 1 aliphatic heterocycles. The lowest BCUT2D eigenvalue weighted by Crippen LogP contribution is -2.58. The molecular formula is C11H11F3N4O4. The fraction of sp³-hybridized carbons (Fsp3) is 0.455. The number of ketones is 1. The molecule has 0 aliphatic carbocycles. The van der Waals surface area contributed by atoms with Crippen LogP contribution in [0.1, 0.15) is 24.2 Å². The number of rotatable bonds is 3. The van der Waals surface area contributed by atoms with E-state index in [1.807, 2.05) is 0 Å². The number of nitrogens with one attached hydrogen (secondary N) is 1. The van der Waals surface area contributed by atoms with E-state index in [1.165, 1.54) is 6.92 Å². The molecule has 8 nitrogen and oxygen atoms in total. The van der Waals surface area contributed by atoms with E-state index in [0.29, 0.717) is 0 Å². The third-order valence-electron chi connectivity index (χ3n) is 2.90. The summed E-state index contributed by atoms with van der Waals surface area (Å²) in [6.45, 7) is 2.33. The van der Waals surface area contributed by atoms with Crippen LogP contribution < -0.4 is 5.43 Å². The van der Waals surface area contributed by atoms with Crippen LogP contribution in [0.25, 0.3) is 0 Å². The Bertz CT molecular complexity index is 667. The van der Waals surface area contributed by atoms with Gasteiger partial charge in [-0.05, 0) is 6.92 Å². The van der Waals surface area contributed by atoms with E-state index in [9.17, 15) is 27.9 Å². The maximum atomic E-state index is 13.3. The molecule has 120 valence electrons. The molecule has 0 aromatic carbocycles. The van der Waals surface area contributed by atoms with Crippen LogP contribution in [0.3, 0.4) is 0 Å². The van der Waals surface area contributed by atoms with E-state index in [-0.39, 0.29) is 16.9 Å². The molecule has 2 rings (SSSR count). The van der Waals surface area contributed by atoms with Crippen molar-refractivity contribution in [3.63, 3.8) is 0 Å². The molecule has 1 aromatic rings. The van der Waals surface area contributed by atoms with Crippen molar-refractivity contribution in [3.05, 3.63) is 11.8 Å². The van der Waals surface area contributed by atoms with Gasteiger partial charge in [-0.3, -0.25) is 10.2 Å². The molecule has 2 heterocycles. The molecule has 0 amide bonds. The number of nitrogens with zero attached hydrogens (tertiary/aromatic N) is 3. The molecule has 0 saturated heterocycles. The van der Waals surface area contributed by atoms with Gasteiger partial charge in [-0.2, -0.15) is 23.4 Å². The Balaban J connectivity index is 2.63. The summed E-state index contributed by atoms with van der Waals surface area (Å²) in [5.41, 5.74) is -3.20. The van der Waals surface area contributed by atoms with Gasteiger partial charge in [0.1, 0.15) is 5.56 Å². The van der Waals surface area contributed by atoms with Gasteiger partial charge in [0.2, 0.25) is 0 Å². The summed E-state index contributed by atoms with van der Waals surface area (Å²) >= 11 is 0. The van der Waals surface area contributed by atoms with Crippen molar-refractivity contribution < 1.29 is 32.6 Å². The van der Waals surface area contributed by atoms with Crippen molar-refractivity contribution in [1.82, 2.24) is 9.78 Å². The van der Waals surface area contributed by atoms with Crippen LogP contribution in [0.4, 0.5) is 19.0 Å². The Hall–Kier alpha value is -2.43. The zero-order chi connectivity index (χ0) is 16.7. The first-order valence-corrected chi connectivity index (χ1v) is 6.04. The Morgan fingerprint density at radius 3 is 2.64 bits per heavy atom. The summed E-state index contributed by atoms with van der Waals surface area (Å²) in [4.78, 5) is 23.0. The minimum atomic E-state index is -5.29. The first-order valence-electron chi connectivity index (χ1n) is 6.04. The number of aliphatic hydroxyl groups is 1.